The Morgan fingerprint density at radius 1 is 1.33 bits per heavy atom. The van der Waals surface area contributed by atoms with Crippen molar-refractivity contribution in [1.82, 2.24) is 10.6 Å². The molecule has 1 aromatic carbocycles. The van der Waals surface area contributed by atoms with Gasteiger partial charge in [-0.3, -0.25) is 14.9 Å². The fourth-order valence-corrected chi connectivity index (χ4v) is 2.45. The number of nitro benzene ring substituents is 1. The number of piperidine rings is 1. The zero-order valence-corrected chi connectivity index (χ0v) is 12.5. The monoisotopic (exact) mass is 313 g/mol. The Balaban J connectivity index is 0.00000220. The lowest BCUT2D eigenvalue weighted by Gasteiger charge is -2.21. The Morgan fingerprint density at radius 3 is 2.67 bits per heavy atom. The predicted molar refractivity (Wildman–Crippen MR) is 82.7 cm³/mol. The van der Waals surface area contributed by atoms with Crippen molar-refractivity contribution >= 4 is 24.0 Å². The first-order chi connectivity index (χ1) is 9.68. The van der Waals surface area contributed by atoms with E-state index in [0.717, 1.165) is 25.9 Å². The van der Waals surface area contributed by atoms with E-state index < -0.39 is 0 Å². The largest absolute Gasteiger partial charge is 0.356 e. The summed E-state index contributed by atoms with van der Waals surface area (Å²) in [6, 6.07) is 6.64. The van der Waals surface area contributed by atoms with Gasteiger partial charge in [0.05, 0.1) is 4.92 Å². The molecule has 1 aromatic rings. The number of para-hydroxylation sites is 1. The minimum absolute atomic E-state index is 0. The van der Waals surface area contributed by atoms with Crippen LogP contribution in [0.1, 0.15) is 18.4 Å². The molecule has 0 aromatic heterocycles. The minimum atomic E-state index is -0.385. The maximum Gasteiger partial charge on any atom is 0.272 e. The van der Waals surface area contributed by atoms with Gasteiger partial charge in [0, 0.05) is 24.1 Å². The molecule has 116 valence electrons. The smallest absolute Gasteiger partial charge is 0.272 e. The van der Waals surface area contributed by atoms with Crippen molar-refractivity contribution in [3.63, 3.8) is 0 Å². The molecule has 21 heavy (non-hydrogen) atoms. The minimum Gasteiger partial charge on any atom is -0.356 e. The Bertz CT molecular complexity index is 490. The number of nitro groups is 1. The van der Waals surface area contributed by atoms with Gasteiger partial charge in [-0.05, 0) is 32.4 Å². The molecule has 0 spiro atoms. The SMILES string of the molecule is Cl.O=C(NCCc1ccccc1[N+](=O)[O-])C1CCNCC1. The number of nitrogens with zero attached hydrogens (tertiary/aromatic N) is 1. The van der Waals surface area contributed by atoms with Crippen LogP contribution in [0.25, 0.3) is 0 Å². The lowest BCUT2D eigenvalue weighted by Crippen LogP contribution is -2.38. The molecular formula is C14H20ClN3O3. The molecule has 0 unspecified atom stereocenters. The van der Waals surface area contributed by atoms with Gasteiger partial charge in [-0.1, -0.05) is 18.2 Å². The van der Waals surface area contributed by atoms with Gasteiger partial charge >= 0.3 is 0 Å². The van der Waals surface area contributed by atoms with Gasteiger partial charge in [-0.25, -0.2) is 0 Å². The zero-order chi connectivity index (χ0) is 14.4. The molecule has 0 aliphatic carbocycles. The molecule has 7 heteroatoms. The quantitative estimate of drug-likeness (QED) is 0.640. The number of hydrogen-bond donors (Lipinski definition) is 2. The molecule has 2 rings (SSSR count). The highest BCUT2D eigenvalue weighted by molar-refractivity contribution is 5.85. The van der Waals surface area contributed by atoms with Crippen molar-refractivity contribution in [2.24, 2.45) is 5.92 Å². The molecule has 6 nitrogen and oxygen atoms in total. The molecule has 0 saturated carbocycles. The van der Waals surface area contributed by atoms with Crippen LogP contribution in [0.4, 0.5) is 5.69 Å². The van der Waals surface area contributed by atoms with Gasteiger partial charge in [-0.2, -0.15) is 0 Å². The molecule has 1 heterocycles. The molecule has 2 N–H and O–H groups in total. The summed E-state index contributed by atoms with van der Waals surface area (Å²) in [6.45, 7) is 2.19. The fraction of sp³-hybridized carbons (Fsp3) is 0.500. The average molecular weight is 314 g/mol. The summed E-state index contributed by atoms with van der Waals surface area (Å²) < 4.78 is 0. The van der Waals surface area contributed by atoms with Crippen molar-refractivity contribution in [1.29, 1.82) is 0 Å². The summed E-state index contributed by atoms with van der Waals surface area (Å²) in [5, 5.41) is 17.0. The maximum atomic E-state index is 11.9. The van der Waals surface area contributed by atoms with E-state index in [9.17, 15) is 14.9 Å². The summed E-state index contributed by atoms with van der Waals surface area (Å²) in [7, 11) is 0. The van der Waals surface area contributed by atoms with Crippen molar-refractivity contribution in [2.45, 2.75) is 19.3 Å². The van der Waals surface area contributed by atoms with Crippen molar-refractivity contribution < 1.29 is 9.72 Å². The number of rotatable bonds is 5. The second-order valence-electron chi connectivity index (χ2n) is 4.95. The van der Waals surface area contributed by atoms with Crippen molar-refractivity contribution in [3.8, 4) is 0 Å². The fourth-order valence-electron chi connectivity index (χ4n) is 2.45. The van der Waals surface area contributed by atoms with E-state index in [-0.39, 0.29) is 34.8 Å². The normalized spacial score (nSPS) is 15.0. The van der Waals surface area contributed by atoms with E-state index in [1.165, 1.54) is 6.07 Å². The molecule has 0 radical (unpaired) electrons. The van der Waals surface area contributed by atoms with Gasteiger partial charge in [0.1, 0.15) is 0 Å². The lowest BCUT2D eigenvalue weighted by molar-refractivity contribution is -0.385. The number of amides is 1. The summed E-state index contributed by atoms with van der Waals surface area (Å²) in [5.74, 6) is 0.132. The maximum absolute atomic E-state index is 11.9. The first-order valence-electron chi connectivity index (χ1n) is 6.89. The van der Waals surface area contributed by atoms with Crippen LogP contribution in [0.2, 0.25) is 0 Å². The Labute approximate surface area is 129 Å². The van der Waals surface area contributed by atoms with Gasteiger partial charge in [-0.15, -0.1) is 12.4 Å². The number of benzene rings is 1. The van der Waals surface area contributed by atoms with Crippen LogP contribution in [0, 0.1) is 16.0 Å². The van der Waals surface area contributed by atoms with Gasteiger partial charge in [0.2, 0.25) is 5.91 Å². The van der Waals surface area contributed by atoms with Crippen molar-refractivity contribution in [3.05, 3.63) is 39.9 Å². The summed E-state index contributed by atoms with van der Waals surface area (Å²) in [6.07, 6.45) is 2.20. The second kappa shape index (κ2) is 8.59. The standard InChI is InChI=1S/C14H19N3O3.ClH/c18-14(12-5-8-15-9-6-12)16-10-7-11-3-1-2-4-13(11)17(19)20;/h1-4,12,15H,5-10H2,(H,16,18);1H. The van der Waals surface area contributed by atoms with E-state index in [0.29, 0.717) is 18.5 Å². The van der Waals surface area contributed by atoms with Gasteiger partial charge in [0.15, 0.2) is 0 Å². The Kier molecular flexibility index (Phi) is 7.11. The van der Waals surface area contributed by atoms with Gasteiger partial charge < -0.3 is 10.6 Å². The molecule has 1 aliphatic rings. The highest BCUT2D eigenvalue weighted by Gasteiger charge is 2.20. The van der Waals surface area contributed by atoms with Crippen molar-refractivity contribution in [2.75, 3.05) is 19.6 Å². The predicted octanol–water partition coefficient (Wildman–Crippen LogP) is 1.67. The molecule has 0 bridgehead atoms. The third kappa shape index (κ3) is 4.99. The molecule has 1 amide bonds. The molecule has 1 fully saturated rings. The third-order valence-corrected chi connectivity index (χ3v) is 3.59. The van der Waals surface area contributed by atoms with Crippen LogP contribution >= 0.6 is 12.4 Å². The van der Waals surface area contributed by atoms with Gasteiger partial charge in [0.25, 0.3) is 5.69 Å². The number of nitrogens with one attached hydrogen (secondary N) is 2. The molecule has 1 saturated heterocycles. The Morgan fingerprint density at radius 2 is 2.00 bits per heavy atom. The van der Waals surface area contributed by atoms with Crippen LogP contribution in [0.15, 0.2) is 24.3 Å². The van der Waals surface area contributed by atoms with E-state index in [1.54, 1.807) is 18.2 Å². The first-order valence-corrected chi connectivity index (χ1v) is 6.89. The summed E-state index contributed by atoms with van der Waals surface area (Å²) in [5.41, 5.74) is 0.770. The number of carbonyl (C=O) groups is 1. The van der Waals surface area contributed by atoms with Crippen LogP contribution in [-0.4, -0.2) is 30.5 Å². The lowest BCUT2D eigenvalue weighted by atomic mass is 9.97. The summed E-state index contributed by atoms with van der Waals surface area (Å²) in [4.78, 5) is 22.4. The third-order valence-electron chi connectivity index (χ3n) is 3.59. The molecule has 1 aliphatic heterocycles. The van der Waals surface area contributed by atoms with Crippen LogP contribution in [-0.2, 0) is 11.2 Å². The topological polar surface area (TPSA) is 84.3 Å². The zero-order valence-electron chi connectivity index (χ0n) is 11.7. The van der Waals surface area contributed by atoms with Crippen LogP contribution in [0.3, 0.4) is 0 Å². The number of hydrogen-bond acceptors (Lipinski definition) is 4. The van der Waals surface area contributed by atoms with E-state index in [4.69, 9.17) is 0 Å². The Hall–Kier alpha value is -1.66. The highest BCUT2D eigenvalue weighted by atomic mass is 35.5. The number of carbonyl (C=O) groups excluding carboxylic acids is 1. The molecule has 0 atom stereocenters. The average Bonchev–Trinajstić information content (AvgIpc) is 2.48. The second-order valence-corrected chi connectivity index (χ2v) is 4.95. The summed E-state index contributed by atoms with van der Waals surface area (Å²) >= 11 is 0. The first kappa shape index (κ1) is 17.4. The highest BCUT2D eigenvalue weighted by Crippen LogP contribution is 2.18. The van der Waals surface area contributed by atoms with E-state index in [2.05, 4.69) is 10.6 Å². The number of halogens is 1. The van der Waals surface area contributed by atoms with E-state index in [1.807, 2.05) is 0 Å². The molecular weight excluding hydrogens is 294 g/mol. The van der Waals surface area contributed by atoms with E-state index >= 15 is 0 Å². The van der Waals surface area contributed by atoms with Crippen LogP contribution in [0.5, 0.6) is 0 Å². The van der Waals surface area contributed by atoms with Crippen LogP contribution < -0.4 is 10.6 Å².